The molecule has 3 rings (SSSR count). The molecule has 0 bridgehead atoms. The molecule has 1 aliphatic heterocycles. The van der Waals surface area contributed by atoms with E-state index >= 15 is 0 Å². The predicted molar refractivity (Wildman–Crippen MR) is 119 cm³/mol. The Morgan fingerprint density at radius 3 is 2.63 bits per heavy atom. The van der Waals surface area contributed by atoms with Gasteiger partial charge in [-0.3, -0.25) is 14.8 Å². The molecule has 0 unspecified atom stereocenters. The van der Waals surface area contributed by atoms with Crippen LogP contribution in [0.3, 0.4) is 0 Å². The van der Waals surface area contributed by atoms with Crippen molar-refractivity contribution in [1.82, 2.24) is 25.5 Å². The maximum Gasteiger partial charge on any atom is 0.271 e. The Kier molecular flexibility index (Phi) is 8.72. The number of aliphatic imine (C=N–C) groups is 1. The van der Waals surface area contributed by atoms with E-state index in [1.165, 1.54) is 17.4 Å². The maximum atomic E-state index is 11.9. The number of nitrogens with zero attached hydrogens (tertiary/aromatic N) is 5. The van der Waals surface area contributed by atoms with Crippen LogP contribution < -0.4 is 15.5 Å². The third-order valence-corrected chi connectivity index (χ3v) is 5.03. The summed E-state index contributed by atoms with van der Waals surface area (Å²) >= 11 is 1.77. The van der Waals surface area contributed by atoms with Crippen molar-refractivity contribution in [2.45, 2.75) is 0 Å². The Balaban J connectivity index is 0.00000261. The number of carbonyl (C=O) groups excluding carboxylic acids is 1. The predicted octanol–water partition coefficient (Wildman–Crippen LogP) is 1.28. The number of nitrogens with one attached hydrogen (secondary N) is 2. The van der Waals surface area contributed by atoms with E-state index in [1.807, 2.05) is 0 Å². The standard InChI is InChI=1S/C17H23N7OS.HI/c1-18-17(22-7-6-21-16(25)14-13-19-4-5-20-14)24-10-8-23(9-11-24)15-3-2-12-26-15;/h2-5,12-13H,6-11H2,1H3,(H,18,22)(H,21,25);1H. The molecular weight excluding hydrogens is 477 g/mol. The third-order valence-electron chi connectivity index (χ3n) is 4.10. The minimum absolute atomic E-state index is 0. The minimum atomic E-state index is -0.223. The van der Waals surface area contributed by atoms with Crippen LogP contribution in [-0.4, -0.2) is 73.1 Å². The van der Waals surface area contributed by atoms with Gasteiger partial charge in [-0.15, -0.1) is 35.3 Å². The van der Waals surface area contributed by atoms with E-state index < -0.39 is 0 Å². The monoisotopic (exact) mass is 501 g/mol. The number of carbonyl (C=O) groups is 1. The zero-order valence-electron chi connectivity index (χ0n) is 15.2. The Hall–Kier alpha value is -1.95. The quantitative estimate of drug-likeness (QED) is 0.278. The lowest BCUT2D eigenvalue weighted by atomic mass is 10.3. The molecule has 1 fully saturated rings. The fraction of sp³-hybridized carbons (Fsp3) is 0.412. The fourth-order valence-electron chi connectivity index (χ4n) is 2.78. The highest BCUT2D eigenvalue weighted by Gasteiger charge is 2.20. The number of hydrogen-bond acceptors (Lipinski definition) is 6. The molecule has 10 heteroatoms. The average molecular weight is 501 g/mol. The normalized spacial score (nSPS) is 14.5. The zero-order valence-corrected chi connectivity index (χ0v) is 18.3. The van der Waals surface area contributed by atoms with Gasteiger partial charge in [0.15, 0.2) is 5.96 Å². The first kappa shape index (κ1) is 21.4. The number of guanidine groups is 1. The van der Waals surface area contributed by atoms with Gasteiger partial charge in [0, 0.05) is 58.7 Å². The van der Waals surface area contributed by atoms with Gasteiger partial charge in [-0.1, -0.05) is 0 Å². The number of amides is 1. The molecule has 27 heavy (non-hydrogen) atoms. The molecule has 0 atom stereocenters. The largest absolute Gasteiger partial charge is 0.360 e. The lowest BCUT2D eigenvalue weighted by Crippen LogP contribution is -2.53. The lowest BCUT2D eigenvalue weighted by molar-refractivity contribution is 0.0949. The molecule has 0 aliphatic carbocycles. The molecule has 1 amide bonds. The summed E-state index contributed by atoms with van der Waals surface area (Å²) in [5.74, 6) is 0.643. The van der Waals surface area contributed by atoms with E-state index in [2.05, 4.69) is 52.9 Å². The second-order valence-electron chi connectivity index (χ2n) is 5.75. The summed E-state index contributed by atoms with van der Waals surface area (Å²) in [7, 11) is 1.78. The minimum Gasteiger partial charge on any atom is -0.360 e. The summed E-state index contributed by atoms with van der Waals surface area (Å²) in [6.07, 6.45) is 4.50. The molecule has 2 N–H and O–H groups in total. The van der Waals surface area contributed by atoms with Gasteiger partial charge in [-0.25, -0.2) is 4.98 Å². The molecule has 0 radical (unpaired) electrons. The molecule has 0 aromatic carbocycles. The van der Waals surface area contributed by atoms with E-state index in [0.29, 0.717) is 18.8 Å². The second kappa shape index (κ2) is 11.0. The third kappa shape index (κ3) is 6.03. The van der Waals surface area contributed by atoms with Crippen molar-refractivity contribution < 1.29 is 4.79 Å². The average Bonchev–Trinajstić information content (AvgIpc) is 3.24. The molecule has 1 aliphatic rings. The first-order valence-corrected chi connectivity index (χ1v) is 9.44. The molecule has 0 spiro atoms. The van der Waals surface area contributed by atoms with Crippen LogP contribution >= 0.6 is 35.3 Å². The summed E-state index contributed by atoms with van der Waals surface area (Å²) < 4.78 is 0. The van der Waals surface area contributed by atoms with Crippen LogP contribution in [0.5, 0.6) is 0 Å². The van der Waals surface area contributed by atoms with Gasteiger partial charge in [0.25, 0.3) is 5.91 Å². The van der Waals surface area contributed by atoms with Crippen LogP contribution in [0.4, 0.5) is 5.00 Å². The summed E-state index contributed by atoms with van der Waals surface area (Å²) in [6.45, 7) is 4.88. The van der Waals surface area contributed by atoms with Crippen molar-refractivity contribution in [3.63, 3.8) is 0 Å². The van der Waals surface area contributed by atoms with Gasteiger partial charge in [0.1, 0.15) is 5.69 Å². The van der Waals surface area contributed by atoms with Gasteiger partial charge < -0.3 is 20.4 Å². The number of halogens is 1. The smallest absolute Gasteiger partial charge is 0.271 e. The molecule has 146 valence electrons. The van der Waals surface area contributed by atoms with Crippen LogP contribution in [0.15, 0.2) is 41.1 Å². The number of thiophene rings is 1. The Morgan fingerprint density at radius 2 is 2.00 bits per heavy atom. The van der Waals surface area contributed by atoms with Crippen molar-refractivity contribution >= 4 is 52.2 Å². The Bertz CT molecular complexity index is 718. The van der Waals surface area contributed by atoms with E-state index in [9.17, 15) is 4.79 Å². The molecule has 3 heterocycles. The number of rotatable bonds is 5. The molecular formula is C17H24IN7OS. The van der Waals surface area contributed by atoms with Crippen molar-refractivity contribution in [2.75, 3.05) is 51.2 Å². The Labute approximate surface area is 180 Å². The van der Waals surface area contributed by atoms with Gasteiger partial charge >= 0.3 is 0 Å². The van der Waals surface area contributed by atoms with Gasteiger partial charge in [0.05, 0.1) is 11.2 Å². The van der Waals surface area contributed by atoms with E-state index in [1.54, 1.807) is 24.6 Å². The van der Waals surface area contributed by atoms with Gasteiger partial charge in [-0.2, -0.15) is 0 Å². The van der Waals surface area contributed by atoms with E-state index in [0.717, 1.165) is 32.1 Å². The van der Waals surface area contributed by atoms with Crippen molar-refractivity contribution in [2.24, 2.45) is 4.99 Å². The summed E-state index contributed by atoms with van der Waals surface area (Å²) in [4.78, 5) is 28.8. The molecule has 1 saturated heterocycles. The number of piperazine rings is 1. The van der Waals surface area contributed by atoms with E-state index in [4.69, 9.17) is 0 Å². The topological polar surface area (TPSA) is 85.7 Å². The van der Waals surface area contributed by atoms with E-state index in [-0.39, 0.29) is 29.9 Å². The van der Waals surface area contributed by atoms with Crippen molar-refractivity contribution in [1.29, 1.82) is 0 Å². The number of anilines is 1. The fourth-order valence-corrected chi connectivity index (χ4v) is 3.56. The van der Waals surface area contributed by atoms with Crippen LogP contribution in [-0.2, 0) is 0 Å². The summed E-state index contributed by atoms with van der Waals surface area (Å²) in [5.41, 5.74) is 0.321. The van der Waals surface area contributed by atoms with Crippen LogP contribution in [0.1, 0.15) is 10.5 Å². The van der Waals surface area contributed by atoms with Gasteiger partial charge in [0.2, 0.25) is 0 Å². The first-order chi connectivity index (χ1) is 12.8. The van der Waals surface area contributed by atoms with Crippen LogP contribution in [0, 0.1) is 0 Å². The lowest BCUT2D eigenvalue weighted by Gasteiger charge is -2.37. The molecule has 8 nitrogen and oxygen atoms in total. The molecule has 0 saturated carbocycles. The zero-order chi connectivity index (χ0) is 18.2. The Morgan fingerprint density at radius 1 is 1.22 bits per heavy atom. The maximum absolute atomic E-state index is 11.9. The van der Waals surface area contributed by atoms with Crippen LogP contribution in [0.2, 0.25) is 0 Å². The number of hydrogen-bond donors (Lipinski definition) is 2. The number of aromatic nitrogens is 2. The van der Waals surface area contributed by atoms with Crippen LogP contribution in [0.25, 0.3) is 0 Å². The highest BCUT2D eigenvalue weighted by Crippen LogP contribution is 2.22. The highest BCUT2D eigenvalue weighted by atomic mass is 127. The SMILES string of the molecule is CN=C(NCCNC(=O)c1cnccn1)N1CCN(c2cccs2)CC1.I. The van der Waals surface area contributed by atoms with Crippen molar-refractivity contribution in [3.8, 4) is 0 Å². The second-order valence-corrected chi connectivity index (χ2v) is 6.67. The highest BCUT2D eigenvalue weighted by molar-refractivity contribution is 14.0. The summed E-state index contributed by atoms with van der Waals surface area (Å²) in [5, 5.41) is 9.55. The molecule has 2 aromatic heterocycles. The summed E-state index contributed by atoms with van der Waals surface area (Å²) in [6, 6.07) is 4.25. The molecule has 2 aromatic rings. The first-order valence-electron chi connectivity index (χ1n) is 8.56. The van der Waals surface area contributed by atoms with Gasteiger partial charge in [-0.05, 0) is 17.5 Å². The van der Waals surface area contributed by atoms with Crippen molar-refractivity contribution in [3.05, 3.63) is 41.8 Å².